The van der Waals surface area contributed by atoms with Crippen LogP contribution in [0.25, 0.3) is 0 Å². The van der Waals surface area contributed by atoms with Crippen LogP contribution in [0.5, 0.6) is 5.75 Å². The smallest absolute Gasteiger partial charge is 0.235 e. The lowest BCUT2D eigenvalue weighted by Crippen LogP contribution is -2.43. The molecule has 24 heavy (non-hydrogen) atoms. The molecule has 0 spiro atoms. The van der Waals surface area contributed by atoms with Crippen LogP contribution in [-0.4, -0.2) is 33.2 Å². The van der Waals surface area contributed by atoms with Gasteiger partial charge in [-0.3, -0.25) is 4.79 Å². The van der Waals surface area contributed by atoms with E-state index in [-0.39, 0.29) is 11.8 Å². The Bertz CT molecular complexity index is 690. The first kappa shape index (κ1) is 19.1. The number of ether oxygens (including phenoxy) is 1. The molecule has 2 rings (SSSR count). The molecule has 1 aromatic carbocycles. The molecule has 1 aromatic rings. The number of halogens is 1. The lowest BCUT2D eigenvalue weighted by atomic mass is 9.86. The third kappa shape index (κ3) is 5.38. The summed E-state index contributed by atoms with van der Waals surface area (Å²) < 4.78 is 29.9. The van der Waals surface area contributed by atoms with Crippen LogP contribution in [0.2, 0.25) is 5.02 Å². The second-order valence-corrected chi connectivity index (χ2v) is 8.93. The Kier molecular flexibility index (Phi) is 6.52. The summed E-state index contributed by atoms with van der Waals surface area (Å²) in [7, 11) is -2.13. The van der Waals surface area contributed by atoms with Gasteiger partial charge in [-0.25, -0.2) is 8.42 Å². The highest BCUT2D eigenvalue weighted by molar-refractivity contribution is 7.91. The van der Waals surface area contributed by atoms with E-state index in [9.17, 15) is 13.2 Å². The number of benzene rings is 1. The first-order valence-electron chi connectivity index (χ1n) is 8.13. The van der Waals surface area contributed by atoms with Crippen molar-refractivity contribution in [2.75, 3.05) is 12.9 Å². The Balaban J connectivity index is 2.00. The topological polar surface area (TPSA) is 72.5 Å². The lowest BCUT2D eigenvalue weighted by molar-refractivity contribution is -0.119. The van der Waals surface area contributed by atoms with Crippen molar-refractivity contribution >= 4 is 27.3 Å². The summed E-state index contributed by atoms with van der Waals surface area (Å²) in [6.07, 6.45) is 4.22. The predicted octanol–water partition coefficient (Wildman–Crippen LogP) is 2.96. The summed E-state index contributed by atoms with van der Waals surface area (Å²) in [6, 6.07) is 4.88. The van der Waals surface area contributed by atoms with Crippen molar-refractivity contribution in [1.29, 1.82) is 0 Å². The van der Waals surface area contributed by atoms with E-state index < -0.39 is 21.5 Å². The molecule has 1 amide bonds. The maximum absolute atomic E-state index is 12.4. The zero-order valence-electron chi connectivity index (χ0n) is 14.0. The minimum absolute atomic E-state index is 0.0714. The van der Waals surface area contributed by atoms with Gasteiger partial charge < -0.3 is 10.1 Å². The number of rotatable bonds is 6. The molecular formula is C17H24ClNO4S. The fraction of sp³-hybridized carbons (Fsp3) is 0.588. The monoisotopic (exact) mass is 373 g/mol. The third-order valence-corrected chi connectivity index (χ3v) is 6.11. The molecule has 0 aliphatic heterocycles. The summed E-state index contributed by atoms with van der Waals surface area (Å²) in [5.41, 5.74) is 0.462. The molecule has 0 radical (unpaired) electrons. The van der Waals surface area contributed by atoms with Crippen LogP contribution in [0.15, 0.2) is 18.2 Å². The molecule has 5 nitrogen and oxygen atoms in total. The quantitative estimate of drug-likeness (QED) is 0.832. The number of carbonyl (C=O) groups is 1. The zero-order chi connectivity index (χ0) is 17.7. The van der Waals surface area contributed by atoms with Gasteiger partial charge in [0.1, 0.15) is 11.5 Å². The first-order chi connectivity index (χ1) is 11.3. The standard InChI is InChI=1S/C17H24ClNO4S/c1-12-5-3-4-6-15(12)19-17(20)11-24(21,22)10-13-9-14(18)7-8-16(13)23-2/h7-9,12,15H,3-6,10-11H2,1-2H3,(H,19,20)/t12-,15+/m1/s1. The van der Waals surface area contributed by atoms with Gasteiger partial charge in [0.05, 0.1) is 12.9 Å². The summed E-state index contributed by atoms with van der Waals surface area (Å²) in [4.78, 5) is 12.1. The van der Waals surface area contributed by atoms with E-state index in [4.69, 9.17) is 16.3 Å². The summed E-state index contributed by atoms with van der Waals surface area (Å²) >= 11 is 5.92. The molecule has 1 aliphatic carbocycles. The molecule has 0 bridgehead atoms. The van der Waals surface area contributed by atoms with Crippen molar-refractivity contribution in [2.45, 2.75) is 44.4 Å². The summed E-state index contributed by atoms with van der Waals surface area (Å²) in [6.45, 7) is 2.09. The Labute approximate surface area is 148 Å². The van der Waals surface area contributed by atoms with Crippen LogP contribution in [0, 0.1) is 5.92 Å². The Morgan fingerprint density at radius 1 is 1.33 bits per heavy atom. The molecule has 0 aromatic heterocycles. The van der Waals surface area contributed by atoms with Gasteiger partial charge >= 0.3 is 0 Å². The number of hydrogen-bond donors (Lipinski definition) is 1. The molecule has 1 aliphatic rings. The molecule has 7 heteroatoms. The number of sulfone groups is 1. The normalized spacial score (nSPS) is 21.3. The molecule has 2 atom stereocenters. The van der Waals surface area contributed by atoms with E-state index in [0.717, 1.165) is 19.3 Å². The maximum atomic E-state index is 12.4. The van der Waals surface area contributed by atoms with Crippen LogP contribution in [-0.2, 0) is 20.4 Å². The van der Waals surface area contributed by atoms with Gasteiger partial charge in [-0.2, -0.15) is 0 Å². The molecule has 0 saturated heterocycles. The molecule has 1 saturated carbocycles. The van der Waals surface area contributed by atoms with Gasteiger partial charge in [-0.05, 0) is 37.0 Å². The highest BCUT2D eigenvalue weighted by Crippen LogP contribution is 2.25. The van der Waals surface area contributed by atoms with Crippen molar-refractivity contribution < 1.29 is 17.9 Å². The van der Waals surface area contributed by atoms with Gasteiger partial charge in [0.2, 0.25) is 5.91 Å². The Hall–Kier alpha value is -1.27. The summed E-state index contributed by atoms with van der Waals surface area (Å²) in [5.74, 6) is -0.395. The number of methoxy groups -OCH3 is 1. The molecule has 1 N–H and O–H groups in total. The van der Waals surface area contributed by atoms with Crippen molar-refractivity contribution in [3.05, 3.63) is 28.8 Å². The maximum Gasteiger partial charge on any atom is 0.235 e. The molecule has 0 heterocycles. The largest absolute Gasteiger partial charge is 0.496 e. The SMILES string of the molecule is COc1ccc(Cl)cc1CS(=O)(=O)CC(=O)N[C@H]1CCCC[C@H]1C. The summed E-state index contributed by atoms with van der Waals surface area (Å²) in [5, 5.41) is 3.31. The molecule has 134 valence electrons. The van der Waals surface area contributed by atoms with Gasteiger partial charge in [0.25, 0.3) is 0 Å². The minimum Gasteiger partial charge on any atom is -0.496 e. The second-order valence-electron chi connectivity index (χ2n) is 6.42. The van der Waals surface area contributed by atoms with E-state index in [1.165, 1.54) is 13.5 Å². The van der Waals surface area contributed by atoms with Crippen molar-refractivity contribution in [3.63, 3.8) is 0 Å². The Morgan fingerprint density at radius 2 is 2.04 bits per heavy atom. The van der Waals surface area contributed by atoms with Crippen molar-refractivity contribution in [2.24, 2.45) is 5.92 Å². The number of amides is 1. The van der Waals surface area contributed by atoms with Gasteiger partial charge in [-0.1, -0.05) is 31.4 Å². The molecule has 0 unspecified atom stereocenters. The second kappa shape index (κ2) is 8.21. The van der Waals surface area contributed by atoms with E-state index in [0.29, 0.717) is 22.3 Å². The van der Waals surface area contributed by atoms with Crippen LogP contribution >= 0.6 is 11.6 Å². The molecular weight excluding hydrogens is 350 g/mol. The molecule has 1 fully saturated rings. The van der Waals surface area contributed by atoms with Crippen molar-refractivity contribution in [1.82, 2.24) is 5.32 Å². The number of carbonyl (C=O) groups excluding carboxylic acids is 1. The van der Waals surface area contributed by atoms with E-state index in [2.05, 4.69) is 12.2 Å². The van der Waals surface area contributed by atoms with Crippen LogP contribution < -0.4 is 10.1 Å². The highest BCUT2D eigenvalue weighted by Gasteiger charge is 2.25. The van der Waals surface area contributed by atoms with Crippen molar-refractivity contribution in [3.8, 4) is 5.75 Å². The van der Waals surface area contributed by atoms with Crippen LogP contribution in [0.3, 0.4) is 0 Å². The third-order valence-electron chi connectivity index (χ3n) is 4.43. The number of nitrogens with one attached hydrogen (secondary N) is 1. The fourth-order valence-electron chi connectivity index (χ4n) is 3.13. The predicted molar refractivity (Wildman–Crippen MR) is 95.1 cm³/mol. The van der Waals surface area contributed by atoms with Crippen LogP contribution in [0.1, 0.15) is 38.2 Å². The van der Waals surface area contributed by atoms with E-state index >= 15 is 0 Å². The van der Waals surface area contributed by atoms with Gasteiger partial charge in [-0.15, -0.1) is 0 Å². The van der Waals surface area contributed by atoms with E-state index in [1.807, 2.05) is 0 Å². The fourth-order valence-corrected chi connectivity index (χ4v) is 4.61. The highest BCUT2D eigenvalue weighted by atomic mass is 35.5. The van der Waals surface area contributed by atoms with Gasteiger partial charge in [0, 0.05) is 16.6 Å². The Morgan fingerprint density at radius 3 is 2.71 bits per heavy atom. The first-order valence-corrected chi connectivity index (χ1v) is 10.3. The van der Waals surface area contributed by atoms with Crippen LogP contribution in [0.4, 0.5) is 0 Å². The minimum atomic E-state index is -3.60. The zero-order valence-corrected chi connectivity index (χ0v) is 15.6. The lowest BCUT2D eigenvalue weighted by Gasteiger charge is -2.29. The van der Waals surface area contributed by atoms with E-state index in [1.54, 1.807) is 18.2 Å². The van der Waals surface area contributed by atoms with Gasteiger partial charge in [0.15, 0.2) is 9.84 Å². The average molecular weight is 374 g/mol. The average Bonchev–Trinajstić information content (AvgIpc) is 2.48. The number of hydrogen-bond acceptors (Lipinski definition) is 4.